The van der Waals surface area contributed by atoms with Gasteiger partial charge in [0.05, 0.1) is 0 Å². The van der Waals surface area contributed by atoms with Crippen molar-refractivity contribution in [1.29, 1.82) is 0 Å². The number of hydrogen-bond acceptors (Lipinski definition) is 3. The predicted octanol–water partition coefficient (Wildman–Crippen LogP) is 1.61. The highest BCUT2D eigenvalue weighted by Crippen LogP contribution is 2.06. The summed E-state index contributed by atoms with van der Waals surface area (Å²) in [6.45, 7) is 2.52. The van der Waals surface area contributed by atoms with Gasteiger partial charge in [-0.1, -0.05) is 13.3 Å². The minimum atomic E-state index is -0.206. The van der Waals surface area contributed by atoms with Crippen LogP contribution in [-0.2, 0) is 9.53 Å². The quantitative estimate of drug-likeness (QED) is 0.364. The fourth-order valence-electron chi connectivity index (χ4n) is 0.511. The fraction of sp³-hybridized carbons (Fsp3) is 0.833. The highest BCUT2D eigenvalue weighted by molar-refractivity contribution is 7.80. The van der Waals surface area contributed by atoms with Crippen LogP contribution in [0.3, 0.4) is 0 Å². The van der Waals surface area contributed by atoms with Crippen molar-refractivity contribution in [2.75, 3.05) is 0 Å². The molecule has 0 aliphatic heterocycles. The number of hydrogen-bond donors (Lipinski definition) is 1. The van der Waals surface area contributed by atoms with E-state index >= 15 is 0 Å². The average molecular weight is 148 g/mol. The van der Waals surface area contributed by atoms with Gasteiger partial charge in [-0.2, -0.15) is 0 Å². The Labute approximate surface area is 61.0 Å². The summed E-state index contributed by atoms with van der Waals surface area (Å²) in [5, 5.41) is 0. The maximum absolute atomic E-state index is 9.71. The summed E-state index contributed by atoms with van der Waals surface area (Å²) < 4.78 is 4.53. The molecule has 0 aliphatic carbocycles. The van der Waals surface area contributed by atoms with Gasteiger partial charge in [0.25, 0.3) is 6.47 Å². The molecule has 0 saturated carbocycles. The minimum Gasteiger partial charge on any atom is -0.454 e. The molecule has 0 fully saturated rings. The molecule has 3 heteroatoms. The van der Waals surface area contributed by atoms with Crippen LogP contribution in [0, 0.1) is 0 Å². The summed E-state index contributed by atoms with van der Waals surface area (Å²) in [6.07, 6.45) is 3.01. The molecule has 0 aromatic rings. The molecule has 0 aliphatic rings. The van der Waals surface area contributed by atoms with Gasteiger partial charge in [-0.3, -0.25) is 4.79 Å². The second kappa shape index (κ2) is 5.95. The Hall–Kier alpha value is -0.180. The topological polar surface area (TPSA) is 26.3 Å². The third-order valence-corrected chi connectivity index (χ3v) is 1.40. The molecule has 2 nitrogen and oxygen atoms in total. The van der Waals surface area contributed by atoms with E-state index in [0.29, 0.717) is 6.47 Å². The summed E-state index contributed by atoms with van der Waals surface area (Å²) in [7, 11) is 0. The van der Waals surface area contributed by atoms with Crippen LogP contribution in [0.1, 0.15) is 26.2 Å². The fourth-order valence-corrected chi connectivity index (χ4v) is 0.743. The first kappa shape index (κ1) is 8.82. The van der Waals surface area contributed by atoms with Gasteiger partial charge >= 0.3 is 0 Å². The predicted molar refractivity (Wildman–Crippen MR) is 39.4 cm³/mol. The molecule has 0 radical (unpaired) electrons. The van der Waals surface area contributed by atoms with Crippen LogP contribution in [0.5, 0.6) is 0 Å². The van der Waals surface area contributed by atoms with E-state index < -0.39 is 0 Å². The number of rotatable bonds is 5. The summed E-state index contributed by atoms with van der Waals surface area (Å²) in [6, 6.07) is 0. The monoisotopic (exact) mass is 148 g/mol. The van der Waals surface area contributed by atoms with E-state index in [4.69, 9.17) is 0 Å². The molecule has 0 heterocycles. The van der Waals surface area contributed by atoms with E-state index in [2.05, 4.69) is 24.3 Å². The van der Waals surface area contributed by atoms with Crippen LogP contribution < -0.4 is 0 Å². The summed E-state index contributed by atoms with van der Waals surface area (Å²) >= 11 is 3.99. The second-order valence-electron chi connectivity index (χ2n) is 1.83. The zero-order valence-corrected chi connectivity index (χ0v) is 6.43. The Balaban J connectivity index is 3.04. The Morgan fingerprint density at radius 1 is 1.78 bits per heavy atom. The molecule has 1 atom stereocenters. The molecule has 0 aromatic heterocycles. The molecule has 0 spiro atoms. The highest BCUT2D eigenvalue weighted by atomic mass is 32.1. The van der Waals surface area contributed by atoms with Gasteiger partial charge in [0.2, 0.25) is 0 Å². The molecule has 0 amide bonds. The molecular weight excluding hydrogens is 136 g/mol. The van der Waals surface area contributed by atoms with Crippen LogP contribution in [0.4, 0.5) is 0 Å². The number of ether oxygens (including phenoxy) is 1. The Morgan fingerprint density at radius 3 is 2.89 bits per heavy atom. The number of carbonyl (C=O) groups excluding carboxylic acids is 1. The molecule has 9 heavy (non-hydrogen) atoms. The summed E-state index contributed by atoms with van der Waals surface area (Å²) in [5.74, 6) is 0. The zero-order valence-electron chi connectivity index (χ0n) is 5.54. The van der Waals surface area contributed by atoms with Gasteiger partial charge < -0.3 is 4.74 Å². The lowest BCUT2D eigenvalue weighted by Crippen LogP contribution is -2.02. The van der Waals surface area contributed by atoms with Gasteiger partial charge in [-0.25, -0.2) is 0 Å². The van der Waals surface area contributed by atoms with Crippen molar-refractivity contribution in [2.24, 2.45) is 0 Å². The van der Waals surface area contributed by atoms with Gasteiger partial charge in [0.1, 0.15) is 5.44 Å². The normalized spacial score (nSPS) is 12.7. The van der Waals surface area contributed by atoms with E-state index in [1.807, 2.05) is 0 Å². The SMILES string of the molecule is CCCCC(S)OC=O. The van der Waals surface area contributed by atoms with Crippen LogP contribution in [0.2, 0.25) is 0 Å². The van der Waals surface area contributed by atoms with Crippen molar-refractivity contribution < 1.29 is 9.53 Å². The van der Waals surface area contributed by atoms with E-state index in [-0.39, 0.29) is 5.44 Å². The third kappa shape index (κ3) is 5.69. The number of unbranched alkanes of at least 4 members (excludes halogenated alkanes) is 1. The number of thiol groups is 1. The summed E-state index contributed by atoms with van der Waals surface area (Å²) in [4.78, 5) is 9.71. The van der Waals surface area contributed by atoms with Crippen molar-refractivity contribution in [3.05, 3.63) is 0 Å². The van der Waals surface area contributed by atoms with Crippen LogP contribution in [0.15, 0.2) is 0 Å². The van der Waals surface area contributed by atoms with Gasteiger partial charge in [-0.15, -0.1) is 12.6 Å². The Morgan fingerprint density at radius 2 is 2.44 bits per heavy atom. The molecule has 0 bridgehead atoms. The Kier molecular flexibility index (Phi) is 5.83. The minimum absolute atomic E-state index is 0.206. The maximum Gasteiger partial charge on any atom is 0.294 e. The maximum atomic E-state index is 9.71. The van der Waals surface area contributed by atoms with E-state index in [9.17, 15) is 4.79 Å². The van der Waals surface area contributed by atoms with Gasteiger partial charge in [0, 0.05) is 0 Å². The van der Waals surface area contributed by atoms with E-state index in [1.165, 1.54) is 0 Å². The molecule has 0 N–H and O–H groups in total. The van der Waals surface area contributed by atoms with Crippen molar-refractivity contribution in [1.82, 2.24) is 0 Å². The first-order chi connectivity index (χ1) is 4.31. The molecule has 54 valence electrons. The first-order valence-electron chi connectivity index (χ1n) is 3.08. The first-order valence-corrected chi connectivity index (χ1v) is 3.60. The lowest BCUT2D eigenvalue weighted by molar-refractivity contribution is -0.130. The molecule has 0 rings (SSSR count). The van der Waals surface area contributed by atoms with Gasteiger partial charge in [0.15, 0.2) is 0 Å². The third-order valence-electron chi connectivity index (χ3n) is 1.02. The van der Waals surface area contributed by atoms with Crippen molar-refractivity contribution >= 4 is 19.1 Å². The highest BCUT2D eigenvalue weighted by Gasteiger charge is 1.98. The van der Waals surface area contributed by atoms with Crippen LogP contribution in [0.25, 0.3) is 0 Å². The average Bonchev–Trinajstić information content (AvgIpc) is 1.85. The Bertz CT molecular complexity index is 75.5. The van der Waals surface area contributed by atoms with Crippen molar-refractivity contribution in [2.45, 2.75) is 31.6 Å². The van der Waals surface area contributed by atoms with E-state index in [1.54, 1.807) is 0 Å². The molecule has 1 unspecified atom stereocenters. The molecule has 0 saturated heterocycles. The number of carbonyl (C=O) groups is 1. The van der Waals surface area contributed by atoms with Crippen LogP contribution >= 0.6 is 12.6 Å². The standard InChI is InChI=1S/C6H12O2S/c1-2-3-4-6(9)8-5-7/h5-6,9H,2-4H2,1H3. The van der Waals surface area contributed by atoms with Crippen molar-refractivity contribution in [3.63, 3.8) is 0 Å². The van der Waals surface area contributed by atoms with Crippen molar-refractivity contribution in [3.8, 4) is 0 Å². The van der Waals surface area contributed by atoms with Crippen LogP contribution in [-0.4, -0.2) is 11.9 Å². The molecular formula is C6H12O2S. The summed E-state index contributed by atoms with van der Waals surface area (Å²) in [5.41, 5.74) is -0.206. The smallest absolute Gasteiger partial charge is 0.294 e. The lowest BCUT2D eigenvalue weighted by Gasteiger charge is -2.05. The van der Waals surface area contributed by atoms with E-state index in [0.717, 1.165) is 19.3 Å². The molecule has 0 aromatic carbocycles. The van der Waals surface area contributed by atoms with Gasteiger partial charge in [-0.05, 0) is 12.8 Å². The second-order valence-corrected chi connectivity index (χ2v) is 2.41. The lowest BCUT2D eigenvalue weighted by atomic mass is 10.3. The zero-order chi connectivity index (χ0) is 7.11. The largest absolute Gasteiger partial charge is 0.454 e.